The number of aromatic amines is 1. The van der Waals surface area contributed by atoms with Crippen LogP contribution in [0.5, 0.6) is 0 Å². The first-order valence-corrected chi connectivity index (χ1v) is 8.92. The third kappa shape index (κ3) is 3.20. The van der Waals surface area contributed by atoms with E-state index >= 15 is 0 Å². The Morgan fingerprint density at radius 1 is 1.31 bits per heavy atom. The van der Waals surface area contributed by atoms with E-state index in [1.807, 2.05) is 41.3 Å². The quantitative estimate of drug-likeness (QED) is 0.785. The van der Waals surface area contributed by atoms with Crippen molar-refractivity contribution in [1.82, 2.24) is 20.1 Å². The Bertz CT molecular complexity index is 904. The number of pyridine rings is 1. The summed E-state index contributed by atoms with van der Waals surface area (Å²) in [7, 11) is 1.67. The van der Waals surface area contributed by atoms with Crippen LogP contribution in [-0.2, 0) is 11.3 Å². The molecule has 4 rings (SSSR count). The molecule has 2 aromatic heterocycles. The number of likely N-dealkylation sites (tertiary alicyclic amines) is 1. The number of hydrogen-bond donors (Lipinski definition) is 1. The number of ether oxygens (including phenoxy) is 1. The van der Waals surface area contributed by atoms with Crippen LogP contribution in [0.1, 0.15) is 40.4 Å². The molecule has 0 unspecified atom stereocenters. The van der Waals surface area contributed by atoms with Crippen LogP contribution >= 0.6 is 0 Å². The Hall–Kier alpha value is -2.73. The summed E-state index contributed by atoms with van der Waals surface area (Å²) in [5.41, 5.74) is 3.61. The monoisotopic (exact) mass is 350 g/mol. The van der Waals surface area contributed by atoms with Gasteiger partial charge in [0.2, 0.25) is 0 Å². The molecule has 0 saturated carbocycles. The number of rotatable bonds is 4. The average molecular weight is 350 g/mol. The van der Waals surface area contributed by atoms with Gasteiger partial charge in [-0.1, -0.05) is 12.1 Å². The molecular formula is C20H22N4O2. The van der Waals surface area contributed by atoms with Crippen LogP contribution < -0.4 is 0 Å². The zero-order valence-corrected chi connectivity index (χ0v) is 14.8. The van der Waals surface area contributed by atoms with Crippen molar-refractivity contribution in [2.24, 2.45) is 0 Å². The molecule has 1 aromatic carbocycles. The van der Waals surface area contributed by atoms with E-state index in [1.165, 1.54) is 0 Å². The van der Waals surface area contributed by atoms with Gasteiger partial charge in [-0.25, -0.2) is 4.98 Å². The van der Waals surface area contributed by atoms with Gasteiger partial charge in [-0.15, -0.1) is 0 Å². The van der Waals surface area contributed by atoms with Crippen molar-refractivity contribution < 1.29 is 9.53 Å². The zero-order chi connectivity index (χ0) is 17.9. The van der Waals surface area contributed by atoms with Crippen LogP contribution in [0, 0.1) is 0 Å². The first kappa shape index (κ1) is 16.7. The minimum Gasteiger partial charge on any atom is -0.380 e. The van der Waals surface area contributed by atoms with Crippen molar-refractivity contribution in [3.8, 4) is 0 Å². The van der Waals surface area contributed by atoms with Crippen molar-refractivity contribution in [3.05, 3.63) is 59.4 Å². The van der Waals surface area contributed by atoms with Gasteiger partial charge in [0.1, 0.15) is 0 Å². The lowest BCUT2D eigenvalue weighted by molar-refractivity contribution is 0.0706. The molecule has 0 bridgehead atoms. The van der Waals surface area contributed by atoms with Crippen molar-refractivity contribution in [1.29, 1.82) is 0 Å². The van der Waals surface area contributed by atoms with Crippen LogP contribution in [0.3, 0.4) is 0 Å². The molecule has 1 aliphatic heterocycles. The Morgan fingerprint density at radius 3 is 2.96 bits per heavy atom. The number of hydrogen-bond acceptors (Lipinski definition) is 4. The van der Waals surface area contributed by atoms with Gasteiger partial charge in [0.25, 0.3) is 5.91 Å². The van der Waals surface area contributed by atoms with Gasteiger partial charge < -0.3 is 9.64 Å². The third-order valence-corrected chi connectivity index (χ3v) is 4.99. The van der Waals surface area contributed by atoms with Gasteiger partial charge >= 0.3 is 0 Å². The summed E-state index contributed by atoms with van der Waals surface area (Å²) in [4.78, 5) is 19.1. The van der Waals surface area contributed by atoms with E-state index in [0.29, 0.717) is 13.2 Å². The Morgan fingerprint density at radius 2 is 2.15 bits per heavy atom. The van der Waals surface area contributed by atoms with Gasteiger partial charge in [-0.2, -0.15) is 5.10 Å². The molecule has 1 atom stereocenters. The average Bonchev–Trinajstić information content (AvgIpc) is 3.13. The predicted molar refractivity (Wildman–Crippen MR) is 98.9 cm³/mol. The van der Waals surface area contributed by atoms with Crippen molar-refractivity contribution in [3.63, 3.8) is 0 Å². The Balaban J connectivity index is 1.52. The third-order valence-electron chi connectivity index (χ3n) is 4.99. The molecule has 1 aliphatic rings. The smallest absolute Gasteiger partial charge is 0.253 e. The summed E-state index contributed by atoms with van der Waals surface area (Å²) in [6, 6.07) is 11.6. The summed E-state index contributed by atoms with van der Waals surface area (Å²) in [5.74, 6) is 0.343. The maximum Gasteiger partial charge on any atom is 0.253 e. The second-order valence-corrected chi connectivity index (χ2v) is 6.73. The minimum atomic E-state index is 0.0839. The maximum absolute atomic E-state index is 12.9. The van der Waals surface area contributed by atoms with Crippen LogP contribution in [0.25, 0.3) is 11.0 Å². The lowest BCUT2D eigenvalue weighted by Crippen LogP contribution is -2.39. The number of nitrogens with zero attached hydrogens (tertiary/aromatic N) is 3. The molecule has 26 heavy (non-hydrogen) atoms. The SMILES string of the molecule is COCc1ccc(C(=O)N2CCC[C@H](c3[nH]nc4ncccc34)C2)cc1. The van der Waals surface area contributed by atoms with Gasteiger partial charge in [0.15, 0.2) is 5.65 Å². The number of carbonyl (C=O) groups excluding carboxylic acids is 1. The molecule has 1 amide bonds. The second kappa shape index (κ2) is 7.25. The van der Waals surface area contributed by atoms with E-state index in [1.54, 1.807) is 13.3 Å². The summed E-state index contributed by atoms with van der Waals surface area (Å²) < 4.78 is 5.13. The number of nitrogens with one attached hydrogen (secondary N) is 1. The number of fused-ring (bicyclic) bond motifs is 1. The topological polar surface area (TPSA) is 71.1 Å². The Labute approximate surface area is 152 Å². The summed E-state index contributed by atoms with van der Waals surface area (Å²) in [6.07, 6.45) is 3.78. The highest BCUT2D eigenvalue weighted by atomic mass is 16.5. The molecule has 6 heteroatoms. The number of amides is 1. The number of H-pyrrole nitrogens is 1. The van der Waals surface area contributed by atoms with Crippen molar-refractivity contribution >= 4 is 16.9 Å². The molecule has 0 aliphatic carbocycles. The Kier molecular flexibility index (Phi) is 4.67. The van der Waals surface area contributed by atoms with Crippen LogP contribution in [-0.4, -0.2) is 46.2 Å². The number of methoxy groups -OCH3 is 1. The van der Waals surface area contributed by atoms with E-state index in [2.05, 4.69) is 15.2 Å². The lowest BCUT2D eigenvalue weighted by atomic mass is 9.92. The fourth-order valence-corrected chi connectivity index (χ4v) is 3.67. The molecular weight excluding hydrogens is 328 g/mol. The van der Waals surface area contributed by atoms with E-state index in [4.69, 9.17) is 4.74 Å². The number of aromatic nitrogens is 3. The number of carbonyl (C=O) groups is 1. The van der Waals surface area contributed by atoms with Gasteiger partial charge in [0.05, 0.1) is 6.61 Å². The van der Waals surface area contributed by atoms with Crippen LogP contribution in [0.2, 0.25) is 0 Å². The number of benzene rings is 1. The molecule has 6 nitrogen and oxygen atoms in total. The standard InChI is InChI=1S/C20H22N4O2/c1-26-13-14-6-8-15(9-7-14)20(25)24-11-3-4-16(12-24)18-17-5-2-10-21-19(17)23-22-18/h2,5-10,16H,3-4,11-13H2,1H3,(H,21,22,23)/t16-/m0/s1. The van der Waals surface area contributed by atoms with Crippen LogP contribution in [0.15, 0.2) is 42.6 Å². The van der Waals surface area contributed by atoms with Crippen LogP contribution in [0.4, 0.5) is 0 Å². The highest BCUT2D eigenvalue weighted by molar-refractivity contribution is 5.94. The molecule has 0 spiro atoms. The molecule has 1 fully saturated rings. The highest BCUT2D eigenvalue weighted by Crippen LogP contribution is 2.30. The van der Waals surface area contributed by atoms with E-state index in [9.17, 15) is 4.79 Å². The van der Waals surface area contributed by atoms with Gasteiger partial charge in [-0.3, -0.25) is 9.89 Å². The normalized spacial score (nSPS) is 17.6. The first-order chi connectivity index (χ1) is 12.8. The molecule has 3 aromatic rings. The molecule has 1 N–H and O–H groups in total. The second-order valence-electron chi connectivity index (χ2n) is 6.73. The molecule has 3 heterocycles. The van der Waals surface area contributed by atoms with E-state index < -0.39 is 0 Å². The highest BCUT2D eigenvalue weighted by Gasteiger charge is 2.27. The minimum absolute atomic E-state index is 0.0839. The molecule has 134 valence electrons. The maximum atomic E-state index is 12.9. The van der Waals surface area contributed by atoms with Crippen molar-refractivity contribution in [2.45, 2.75) is 25.4 Å². The van der Waals surface area contributed by atoms with Gasteiger partial charge in [0, 0.05) is 49.0 Å². The fourth-order valence-electron chi connectivity index (χ4n) is 3.67. The largest absolute Gasteiger partial charge is 0.380 e. The van der Waals surface area contributed by atoms with Gasteiger partial charge in [-0.05, 0) is 42.7 Å². The summed E-state index contributed by atoms with van der Waals surface area (Å²) >= 11 is 0. The number of piperidine rings is 1. The fraction of sp³-hybridized carbons (Fsp3) is 0.350. The first-order valence-electron chi connectivity index (χ1n) is 8.92. The summed E-state index contributed by atoms with van der Waals surface area (Å²) in [5, 5.41) is 8.49. The van der Waals surface area contributed by atoms with E-state index in [-0.39, 0.29) is 11.8 Å². The lowest BCUT2D eigenvalue weighted by Gasteiger charge is -2.32. The summed E-state index contributed by atoms with van der Waals surface area (Å²) in [6.45, 7) is 2.05. The van der Waals surface area contributed by atoms with Crippen molar-refractivity contribution in [2.75, 3.05) is 20.2 Å². The predicted octanol–water partition coefficient (Wildman–Crippen LogP) is 3.12. The zero-order valence-electron chi connectivity index (χ0n) is 14.8. The molecule has 0 radical (unpaired) electrons. The molecule has 1 saturated heterocycles. The van der Waals surface area contributed by atoms with E-state index in [0.717, 1.165) is 47.2 Å².